The number of hydrogen-bond acceptors (Lipinski definition) is 9. The van der Waals surface area contributed by atoms with Crippen LogP contribution in [0.3, 0.4) is 0 Å². The zero-order valence-corrected chi connectivity index (χ0v) is 28.8. The normalized spacial score (nSPS) is 16.6. The molecule has 0 spiro atoms. The lowest BCUT2D eigenvalue weighted by molar-refractivity contribution is 0.0137. The third kappa shape index (κ3) is 8.16. The number of piperazine rings is 1. The summed E-state index contributed by atoms with van der Waals surface area (Å²) in [5.41, 5.74) is 2.15. The zero-order chi connectivity index (χ0) is 33.1. The van der Waals surface area contributed by atoms with E-state index < -0.39 is 13.7 Å². The van der Waals surface area contributed by atoms with Crippen LogP contribution < -0.4 is 9.47 Å². The molecule has 1 N–H and O–H groups in total. The Balaban J connectivity index is 1.36. The molecule has 2 aliphatic rings. The second-order valence-electron chi connectivity index (χ2n) is 13.9. The van der Waals surface area contributed by atoms with Crippen LogP contribution in [0, 0.1) is 0 Å². The lowest BCUT2D eigenvalue weighted by atomic mass is 10.0. The van der Waals surface area contributed by atoms with E-state index in [9.17, 15) is 14.7 Å². The molecule has 1 aromatic heterocycles. The average molecular weight is 651 g/mol. The van der Waals surface area contributed by atoms with Crippen LogP contribution in [0.25, 0.3) is 17.0 Å². The van der Waals surface area contributed by atoms with Crippen molar-refractivity contribution in [2.75, 3.05) is 46.0 Å². The van der Waals surface area contributed by atoms with E-state index >= 15 is 0 Å². The van der Waals surface area contributed by atoms with Gasteiger partial charge < -0.3 is 29.0 Å². The zero-order valence-electron chi connectivity index (χ0n) is 27.8. The second kappa shape index (κ2) is 14.0. The molecule has 12 heteroatoms. The van der Waals surface area contributed by atoms with Crippen LogP contribution in [0.4, 0.5) is 4.79 Å². The smallest absolute Gasteiger partial charge is 0.410 e. The molecule has 3 aromatic rings. The van der Waals surface area contributed by atoms with Gasteiger partial charge in [-0.15, -0.1) is 0 Å². The van der Waals surface area contributed by atoms with E-state index in [1.165, 1.54) is 0 Å². The van der Waals surface area contributed by atoms with E-state index in [-0.39, 0.29) is 30.8 Å². The van der Waals surface area contributed by atoms with Crippen molar-refractivity contribution in [3.05, 3.63) is 59.0 Å². The van der Waals surface area contributed by atoms with Crippen molar-refractivity contribution in [3.63, 3.8) is 0 Å². The predicted octanol–water partition coefficient (Wildman–Crippen LogP) is 5.39. The van der Waals surface area contributed by atoms with Crippen LogP contribution in [0.15, 0.2) is 42.2 Å². The average Bonchev–Trinajstić information content (AvgIpc) is 3.51. The Hall–Kier alpha value is -3.71. The first-order valence-electron chi connectivity index (χ1n) is 15.9. The van der Waals surface area contributed by atoms with E-state index in [0.29, 0.717) is 68.8 Å². The molecule has 46 heavy (non-hydrogen) atoms. The third-order valence-corrected chi connectivity index (χ3v) is 9.52. The second-order valence-corrected chi connectivity index (χ2v) is 19.5. The largest absolute Gasteiger partial charge is 0.491 e. The van der Waals surface area contributed by atoms with Gasteiger partial charge in [0.05, 0.1) is 28.9 Å². The lowest BCUT2D eigenvalue weighted by Gasteiger charge is -2.35. The molecule has 2 aliphatic heterocycles. The summed E-state index contributed by atoms with van der Waals surface area (Å²) in [4.78, 5) is 30.1. The van der Waals surface area contributed by atoms with Gasteiger partial charge in [0.2, 0.25) is 5.78 Å². The standard InChI is InChI=1S/C34H46N4O7Si/c1-34(2,3)45-33(41)37-15-13-36(14-16-37)22-26-29(43-18-17-39)12-11-25-31(40)30(44-32(25)26)21-27-24-9-7-8-10-28(24)38(35-27)23-42-19-20-46(4,5)6/h7-12,21,39H,13-20,22-23H2,1-6H3/b30-21-. The Morgan fingerprint density at radius 3 is 2.50 bits per heavy atom. The van der Waals surface area contributed by atoms with Crippen LogP contribution in [-0.4, -0.2) is 96.2 Å². The van der Waals surface area contributed by atoms with Crippen LogP contribution in [0.5, 0.6) is 11.5 Å². The van der Waals surface area contributed by atoms with Gasteiger partial charge in [-0.1, -0.05) is 37.8 Å². The van der Waals surface area contributed by atoms with Crippen LogP contribution in [-0.2, 0) is 22.7 Å². The highest BCUT2D eigenvalue weighted by atomic mass is 28.3. The maximum Gasteiger partial charge on any atom is 0.410 e. The molecule has 1 fully saturated rings. The van der Waals surface area contributed by atoms with Crippen LogP contribution in [0.2, 0.25) is 25.7 Å². The van der Waals surface area contributed by atoms with E-state index in [0.717, 1.165) is 22.5 Å². The van der Waals surface area contributed by atoms with Gasteiger partial charge in [-0.05, 0) is 45.0 Å². The Morgan fingerprint density at radius 1 is 1.07 bits per heavy atom. The van der Waals surface area contributed by atoms with Crippen molar-refractivity contribution in [1.29, 1.82) is 0 Å². The molecule has 2 aromatic carbocycles. The minimum absolute atomic E-state index is 0.109. The fourth-order valence-corrected chi connectivity index (χ4v) is 6.14. The fourth-order valence-electron chi connectivity index (χ4n) is 5.38. The molecule has 0 atom stereocenters. The number of carbonyl (C=O) groups is 2. The van der Waals surface area contributed by atoms with Gasteiger partial charge in [0.15, 0.2) is 5.76 Å². The van der Waals surface area contributed by atoms with Gasteiger partial charge in [0.25, 0.3) is 0 Å². The maximum absolute atomic E-state index is 13.6. The molecule has 1 amide bonds. The molecule has 0 saturated carbocycles. The summed E-state index contributed by atoms with van der Waals surface area (Å²) >= 11 is 0. The molecule has 248 valence electrons. The highest BCUT2D eigenvalue weighted by molar-refractivity contribution is 6.76. The number of benzene rings is 2. The van der Waals surface area contributed by atoms with Crippen LogP contribution >= 0.6 is 0 Å². The Bertz CT molecular complexity index is 1600. The molecule has 0 unspecified atom stereocenters. The molecule has 11 nitrogen and oxygen atoms in total. The Kier molecular flexibility index (Phi) is 10.2. The SMILES string of the molecule is CC(C)(C)OC(=O)N1CCN(Cc2c(OCCO)ccc3c2O/C(=C\c2nn(COCC[Si](C)(C)C)c4ccccc24)C3=O)CC1. The topological polar surface area (TPSA) is 116 Å². The van der Waals surface area contributed by atoms with Crippen molar-refractivity contribution >= 4 is 36.9 Å². The quantitative estimate of drug-likeness (QED) is 0.166. The monoisotopic (exact) mass is 650 g/mol. The van der Waals surface area contributed by atoms with E-state index in [2.05, 4.69) is 24.5 Å². The number of allylic oxidation sites excluding steroid dienone is 1. The van der Waals surface area contributed by atoms with Crippen molar-refractivity contribution < 1.29 is 33.6 Å². The van der Waals surface area contributed by atoms with Crippen molar-refractivity contribution in [1.82, 2.24) is 19.6 Å². The summed E-state index contributed by atoms with van der Waals surface area (Å²) in [5, 5.41) is 15.1. The number of rotatable bonds is 11. The number of ether oxygens (including phenoxy) is 4. The highest BCUT2D eigenvalue weighted by Gasteiger charge is 2.34. The lowest BCUT2D eigenvalue weighted by Crippen LogP contribution is -2.49. The van der Waals surface area contributed by atoms with Crippen molar-refractivity contribution in [2.24, 2.45) is 0 Å². The molecular weight excluding hydrogens is 604 g/mol. The van der Waals surface area contributed by atoms with E-state index in [1.807, 2.05) is 49.7 Å². The summed E-state index contributed by atoms with van der Waals surface area (Å²) in [5.74, 6) is 0.936. The maximum atomic E-state index is 13.6. The number of aromatic nitrogens is 2. The third-order valence-electron chi connectivity index (χ3n) is 7.82. The number of fused-ring (bicyclic) bond motifs is 2. The molecule has 0 bridgehead atoms. The summed E-state index contributed by atoms with van der Waals surface area (Å²) in [6.45, 7) is 16.2. The molecule has 3 heterocycles. The number of nitrogens with zero attached hydrogens (tertiary/aromatic N) is 4. The van der Waals surface area contributed by atoms with Crippen LogP contribution in [0.1, 0.15) is 42.4 Å². The minimum Gasteiger partial charge on any atom is -0.491 e. The first kappa shape index (κ1) is 33.6. The summed E-state index contributed by atoms with van der Waals surface area (Å²) in [6.07, 6.45) is 1.37. The summed E-state index contributed by atoms with van der Waals surface area (Å²) in [7, 11) is -1.22. The first-order valence-corrected chi connectivity index (χ1v) is 19.6. The number of Topliss-reactive ketones (excluding diaryl/α,β-unsaturated/α-hetero) is 1. The Labute approximate surface area is 271 Å². The van der Waals surface area contributed by atoms with Gasteiger partial charge in [-0.25, -0.2) is 9.48 Å². The van der Waals surface area contributed by atoms with Crippen molar-refractivity contribution in [3.8, 4) is 11.5 Å². The van der Waals surface area contributed by atoms with E-state index in [4.69, 9.17) is 24.0 Å². The number of carbonyl (C=O) groups excluding carboxylic acids is 2. The number of ketones is 1. The highest BCUT2D eigenvalue weighted by Crippen LogP contribution is 2.41. The number of para-hydroxylation sites is 1. The number of aliphatic hydroxyl groups is 1. The van der Waals surface area contributed by atoms with Gasteiger partial charge in [0.1, 0.15) is 30.4 Å². The first-order chi connectivity index (χ1) is 21.8. The summed E-state index contributed by atoms with van der Waals surface area (Å²) < 4.78 is 25.5. The number of amides is 1. The Morgan fingerprint density at radius 2 is 1.80 bits per heavy atom. The minimum atomic E-state index is -1.22. The number of hydrogen-bond donors (Lipinski definition) is 1. The van der Waals surface area contributed by atoms with Gasteiger partial charge in [-0.2, -0.15) is 5.10 Å². The summed E-state index contributed by atoms with van der Waals surface area (Å²) in [6, 6.07) is 12.4. The fraction of sp³-hybridized carbons (Fsp3) is 0.500. The molecule has 5 rings (SSSR count). The number of aliphatic hydroxyl groups excluding tert-OH is 1. The molecular formula is C34H46N4O7Si. The van der Waals surface area contributed by atoms with Gasteiger partial charge in [0, 0.05) is 58.9 Å². The molecule has 0 aliphatic carbocycles. The predicted molar refractivity (Wildman–Crippen MR) is 179 cm³/mol. The van der Waals surface area contributed by atoms with Crippen molar-refractivity contribution in [2.45, 2.75) is 65.3 Å². The molecule has 1 saturated heterocycles. The van der Waals surface area contributed by atoms with E-state index in [1.54, 1.807) is 23.1 Å². The molecule has 0 radical (unpaired) electrons. The van der Waals surface area contributed by atoms with Gasteiger partial charge in [-0.3, -0.25) is 9.69 Å². The van der Waals surface area contributed by atoms with Gasteiger partial charge >= 0.3 is 6.09 Å².